The highest BCUT2D eigenvalue weighted by atomic mass is 16.5. The van der Waals surface area contributed by atoms with Gasteiger partial charge in [0.25, 0.3) is 0 Å². The molecule has 11 heavy (non-hydrogen) atoms. The normalized spacial score (nSPS) is 25.5. The van der Waals surface area contributed by atoms with Gasteiger partial charge in [-0.2, -0.15) is 0 Å². The van der Waals surface area contributed by atoms with Crippen molar-refractivity contribution in [3.8, 4) is 0 Å². The van der Waals surface area contributed by atoms with Crippen molar-refractivity contribution < 1.29 is 19.4 Å². The average Bonchev–Trinajstić information content (AvgIpc) is 2.13. The zero-order valence-corrected chi connectivity index (χ0v) is 6.08. The van der Waals surface area contributed by atoms with Gasteiger partial charge in [0.05, 0.1) is 6.61 Å². The Labute approximate surface area is 64.2 Å². The molecule has 62 valence electrons. The molecule has 1 N–H and O–H groups in total. The van der Waals surface area contributed by atoms with Crippen LogP contribution >= 0.6 is 0 Å². The number of carboxylic acids is 1. The van der Waals surface area contributed by atoms with Crippen LogP contribution in [0.3, 0.4) is 0 Å². The third-order valence-corrected chi connectivity index (χ3v) is 1.71. The average molecular weight is 158 g/mol. The van der Waals surface area contributed by atoms with E-state index in [0.29, 0.717) is 13.0 Å². The lowest BCUT2D eigenvalue weighted by Gasteiger charge is -2.04. The quantitative estimate of drug-likeness (QED) is 0.443. The van der Waals surface area contributed by atoms with Gasteiger partial charge < -0.3 is 9.84 Å². The van der Waals surface area contributed by atoms with Crippen LogP contribution in [0.2, 0.25) is 0 Å². The van der Waals surface area contributed by atoms with Gasteiger partial charge in [-0.05, 0) is 19.3 Å². The molecule has 4 nitrogen and oxygen atoms in total. The summed E-state index contributed by atoms with van der Waals surface area (Å²) in [5, 5.41) is 8.53. The summed E-state index contributed by atoms with van der Waals surface area (Å²) in [5.41, 5.74) is 0. The van der Waals surface area contributed by atoms with Crippen molar-refractivity contribution in [1.82, 2.24) is 0 Å². The van der Waals surface area contributed by atoms with Crippen LogP contribution in [0, 0.1) is 5.92 Å². The first-order valence-electron chi connectivity index (χ1n) is 3.61. The van der Waals surface area contributed by atoms with Crippen molar-refractivity contribution in [3.63, 3.8) is 0 Å². The number of esters is 1. The molecular weight excluding hydrogens is 148 g/mol. The SMILES string of the molecule is O=C(O)C1CCCCOC1=O. The van der Waals surface area contributed by atoms with E-state index < -0.39 is 17.9 Å². The van der Waals surface area contributed by atoms with Gasteiger partial charge in [0.15, 0.2) is 5.92 Å². The number of ether oxygens (including phenoxy) is 1. The second kappa shape index (κ2) is 3.37. The van der Waals surface area contributed by atoms with Crippen molar-refractivity contribution >= 4 is 11.9 Å². The highest BCUT2D eigenvalue weighted by Gasteiger charge is 2.28. The molecule has 4 heteroatoms. The summed E-state index contributed by atoms with van der Waals surface area (Å²) in [5.74, 6) is -2.59. The molecule has 1 unspecified atom stereocenters. The molecule has 1 rings (SSSR count). The van der Waals surface area contributed by atoms with Gasteiger partial charge in [-0.15, -0.1) is 0 Å². The van der Waals surface area contributed by atoms with Gasteiger partial charge in [-0.25, -0.2) is 0 Å². The van der Waals surface area contributed by atoms with Gasteiger partial charge in [-0.3, -0.25) is 9.59 Å². The van der Waals surface area contributed by atoms with Crippen LogP contribution in [0.15, 0.2) is 0 Å². The van der Waals surface area contributed by atoms with Gasteiger partial charge in [-0.1, -0.05) is 0 Å². The molecule has 0 saturated carbocycles. The number of carboxylic acid groups (broad SMARTS) is 1. The Morgan fingerprint density at radius 3 is 2.91 bits per heavy atom. The Morgan fingerprint density at radius 1 is 1.55 bits per heavy atom. The van der Waals surface area contributed by atoms with Gasteiger partial charge >= 0.3 is 11.9 Å². The molecule has 0 aromatic rings. The summed E-state index contributed by atoms with van der Waals surface area (Å²) in [6, 6.07) is 0. The largest absolute Gasteiger partial charge is 0.481 e. The minimum Gasteiger partial charge on any atom is -0.481 e. The topological polar surface area (TPSA) is 63.6 Å². The summed E-state index contributed by atoms with van der Waals surface area (Å²) in [4.78, 5) is 21.3. The first-order valence-corrected chi connectivity index (χ1v) is 3.61. The van der Waals surface area contributed by atoms with Gasteiger partial charge in [0, 0.05) is 0 Å². The molecule has 1 aliphatic rings. The molecule has 1 saturated heterocycles. The number of carbonyl (C=O) groups is 2. The molecule has 1 aliphatic heterocycles. The summed E-state index contributed by atoms with van der Waals surface area (Å²) in [7, 11) is 0. The zero-order chi connectivity index (χ0) is 8.27. The maximum atomic E-state index is 10.9. The van der Waals surface area contributed by atoms with Crippen molar-refractivity contribution in [3.05, 3.63) is 0 Å². The van der Waals surface area contributed by atoms with Crippen molar-refractivity contribution in [2.45, 2.75) is 19.3 Å². The van der Waals surface area contributed by atoms with Crippen molar-refractivity contribution in [2.75, 3.05) is 6.61 Å². The van der Waals surface area contributed by atoms with Crippen LogP contribution in [-0.2, 0) is 14.3 Å². The Morgan fingerprint density at radius 2 is 2.27 bits per heavy atom. The fourth-order valence-electron chi connectivity index (χ4n) is 1.07. The second-order valence-electron chi connectivity index (χ2n) is 2.55. The lowest BCUT2D eigenvalue weighted by molar-refractivity contribution is -0.157. The van der Waals surface area contributed by atoms with E-state index in [1.165, 1.54) is 0 Å². The molecular formula is C7H10O4. The third kappa shape index (κ3) is 1.93. The van der Waals surface area contributed by atoms with E-state index >= 15 is 0 Å². The molecule has 1 atom stereocenters. The highest BCUT2D eigenvalue weighted by Crippen LogP contribution is 2.15. The molecule has 0 bridgehead atoms. The van der Waals surface area contributed by atoms with E-state index in [4.69, 9.17) is 5.11 Å². The summed E-state index contributed by atoms with van der Waals surface area (Å²) < 4.78 is 4.66. The lowest BCUT2D eigenvalue weighted by atomic mass is 10.0. The standard InChI is InChI=1S/C7H10O4/c8-6(9)5-3-1-2-4-11-7(5)10/h5H,1-4H2,(H,8,9). The maximum Gasteiger partial charge on any atom is 0.320 e. The number of hydrogen-bond acceptors (Lipinski definition) is 3. The summed E-state index contributed by atoms with van der Waals surface area (Å²) in [6.45, 7) is 0.364. The van der Waals surface area contributed by atoms with Crippen LogP contribution in [0.4, 0.5) is 0 Å². The van der Waals surface area contributed by atoms with Crippen LogP contribution in [-0.4, -0.2) is 23.7 Å². The van der Waals surface area contributed by atoms with E-state index in [2.05, 4.69) is 4.74 Å². The van der Waals surface area contributed by atoms with E-state index in [-0.39, 0.29) is 0 Å². The zero-order valence-electron chi connectivity index (χ0n) is 6.08. The molecule has 0 aromatic carbocycles. The number of carbonyl (C=O) groups excluding carboxylic acids is 1. The second-order valence-corrected chi connectivity index (χ2v) is 2.55. The molecule has 0 radical (unpaired) electrons. The van der Waals surface area contributed by atoms with Gasteiger partial charge in [0.1, 0.15) is 0 Å². The maximum absolute atomic E-state index is 10.9. The Hall–Kier alpha value is -1.06. The van der Waals surface area contributed by atoms with E-state index in [1.54, 1.807) is 0 Å². The van der Waals surface area contributed by atoms with E-state index in [0.717, 1.165) is 12.8 Å². The first kappa shape index (κ1) is 8.04. The monoisotopic (exact) mass is 158 g/mol. The smallest absolute Gasteiger partial charge is 0.320 e. The lowest BCUT2D eigenvalue weighted by Crippen LogP contribution is -2.23. The minimum atomic E-state index is -1.07. The highest BCUT2D eigenvalue weighted by molar-refractivity contribution is 5.93. The number of rotatable bonds is 1. The Balaban J connectivity index is 2.59. The van der Waals surface area contributed by atoms with Crippen LogP contribution in [0.25, 0.3) is 0 Å². The minimum absolute atomic E-state index is 0.364. The van der Waals surface area contributed by atoms with E-state index in [1.807, 2.05) is 0 Å². The molecule has 0 aromatic heterocycles. The van der Waals surface area contributed by atoms with Gasteiger partial charge in [0.2, 0.25) is 0 Å². The fraction of sp³-hybridized carbons (Fsp3) is 0.714. The van der Waals surface area contributed by atoms with Crippen LogP contribution in [0.5, 0.6) is 0 Å². The molecule has 0 amide bonds. The number of aliphatic carboxylic acids is 1. The third-order valence-electron chi connectivity index (χ3n) is 1.71. The summed E-state index contributed by atoms with van der Waals surface area (Å²) >= 11 is 0. The Kier molecular flexibility index (Phi) is 2.46. The molecule has 1 heterocycles. The number of hydrogen-bond donors (Lipinski definition) is 1. The van der Waals surface area contributed by atoms with E-state index in [9.17, 15) is 9.59 Å². The van der Waals surface area contributed by atoms with Crippen LogP contribution in [0.1, 0.15) is 19.3 Å². The molecule has 1 fully saturated rings. The first-order chi connectivity index (χ1) is 5.22. The predicted molar refractivity (Wildman–Crippen MR) is 35.9 cm³/mol. The Bertz CT molecular complexity index is 175. The predicted octanol–water partition coefficient (Wildman–Crippen LogP) is 0.414. The molecule has 0 aliphatic carbocycles. The van der Waals surface area contributed by atoms with Crippen molar-refractivity contribution in [2.24, 2.45) is 5.92 Å². The fourth-order valence-corrected chi connectivity index (χ4v) is 1.07. The van der Waals surface area contributed by atoms with Crippen LogP contribution < -0.4 is 0 Å². The summed E-state index contributed by atoms with van der Waals surface area (Å²) in [6.07, 6.45) is 1.94. The molecule has 0 spiro atoms. The van der Waals surface area contributed by atoms with Crippen molar-refractivity contribution in [1.29, 1.82) is 0 Å². The number of cyclic esters (lactones) is 1.